The van der Waals surface area contributed by atoms with Crippen LogP contribution < -0.4 is 5.32 Å². The van der Waals surface area contributed by atoms with Crippen LogP contribution in [0.1, 0.15) is 28.5 Å². The van der Waals surface area contributed by atoms with Gasteiger partial charge in [0.1, 0.15) is 0 Å². The van der Waals surface area contributed by atoms with Crippen LogP contribution >= 0.6 is 0 Å². The molecule has 0 amide bonds. The first kappa shape index (κ1) is 12.3. The number of nitrogens with one attached hydrogen (secondary N) is 1. The highest BCUT2D eigenvalue weighted by molar-refractivity contribution is 5.51. The van der Waals surface area contributed by atoms with Crippen molar-refractivity contribution >= 4 is 0 Å². The van der Waals surface area contributed by atoms with Crippen LogP contribution in [0.4, 0.5) is 0 Å². The zero-order valence-electron chi connectivity index (χ0n) is 11.7. The smallest absolute Gasteiger partial charge is 0.238 e. The number of benzene rings is 1. The van der Waals surface area contributed by atoms with Crippen LogP contribution in [-0.2, 0) is 6.54 Å². The molecule has 1 N–H and O–H groups in total. The van der Waals surface area contributed by atoms with E-state index in [1.54, 1.807) is 6.26 Å². The van der Waals surface area contributed by atoms with Crippen molar-refractivity contribution in [3.8, 4) is 11.6 Å². The van der Waals surface area contributed by atoms with E-state index in [9.17, 15) is 0 Å². The van der Waals surface area contributed by atoms with E-state index >= 15 is 0 Å². The number of aromatic nitrogens is 2. The van der Waals surface area contributed by atoms with E-state index in [0.29, 0.717) is 17.5 Å². The maximum Gasteiger partial charge on any atom is 0.238 e. The predicted octanol–water partition coefficient (Wildman–Crippen LogP) is 2.87. The molecule has 1 aliphatic rings. The van der Waals surface area contributed by atoms with E-state index in [-0.39, 0.29) is 5.92 Å². The Morgan fingerprint density at radius 3 is 3.00 bits per heavy atom. The molecule has 0 saturated carbocycles. The lowest BCUT2D eigenvalue weighted by Gasteiger charge is -2.23. The Morgan fingerprint density at radius 1 is 1.24 bits per heavy atom. The largest absolute Gasteiger partial charge is 0.461 e. The number of hydrogen-bond acceptors (Lipinski definition) is 5. The van der Waals surface area contributed by atoms with Crippen LogP contribution in [-0.4, -0.2) is 16.7 Å². The van der Waals surface area contributed by atoms with Crippen molar-refractivity contribution in [1.29, 1.82) is 0 Å². The Hall–Kier alpha value is -2.40. The van der Waals surface area contributed by atoms with E-state index in [0.717, 1.165) is 18.7 Å². The molecule has 1 aromatic carbocycles. The zero-order valence-corrected chi connectivity index (χ0v) is 11.7. The van der Waals surface area contributed by atoms with Gasteiger partial charge in [-0.1, -0.05) is 29.4 Å². The minimum Gasteiger partial charge on any atom is -0.461 e. The van der Waals surface area contributed by atoms with Crippen molar-refractivity contribution < 1.29 is 8.94 Å². The summed E-state index contributed by atoms with van der Waals surface area (Å²) in [5.74, 6) is 1.89. The fourth-order valence-corrected chi connectivity index (χ4v) is 2.79. The molecule has 106 valence electrons. The van der Waals surface area contributed by atoms with Gasteiger partial charge in [0.05, 0.1) is 12.2 Å². The lowest BCUT2D eigenvalue weighted by Crippen LogP contribution is -2.28. The van der Waals surface area contributed by atoms with Crippen molar-refractivity contribution in [3.05, 3.63) is 59.2 Å². The molecule has 0 aliphatic carbocycles. The SMILES string of the molecule is Cc1ccoc1-c1noc(C2CNCc3ccccc32)n1. The Balaban J connectivity index is 1.73. The number of nitrogens with zero attached hydrogens (tertiary/aromatic N) is 2. The zero-order chi connectivity index (χ0) is 14.2. The highest BCUT2D eigenvalue weighted by atomic mass is 16.5. The quantitative estimate of drug-likeness (QED) is 0.782. The standard InChI is InChI=1S/C16H15N3O2/c1-10-6-7-20-14(10)15-18-16(21-19-15)13-9-17-8-11-4-2-3-5-12(11)13/h2-7,13,17H,8-9H2,1H3. The number of fused-ring (bicyclic) bond motifs is 1. The van der Waals surface area contributed by atoms with Gasteiger partial charge >= 0.3 is 0 Å². The minimum absolute atomic E-state index is 0.0893. The average molecular weight is 281 g/mol. The number of aryl methyl sites for hydroxylation is 1. The molecular weight excluding hydrogens is 266 g/mol. The minimum atomic E-state index is 0.0893. The molecule has 2 aromatic heterocycles. The summed E-state index contributed by atoms with van der Waals surface area (Å²) in [7, 11) is 0. The summed E-state index contributed by atoms with van der Waals surface area (Å²) in [5.41, 5.74) is 3.54. The summed E-state index contributed by atoms with van der Waals surface area (Å²) in [6.45, 7) is 3.65. The van der Waals surface area contributed by atoms with Crippen LogP contribution in [0.15, 0.2) is 45.5 Å². The fourth-order valence-electron chi connectivity index (χ4n) is 2.79. The highest BCUT2D eigenvalue weighted by Gasteiger charge is 2.27. The number of hydrogen-bond donors (Lipinski definition) is 1. The topological polar surface area (TPSA) is 64.1 Å². The van der Waals surface area contributed by atoms with E-state index in [1.807, 2.05) is 25.1 Å². The lowest BCUT2D eigenvalue weighted by atomic mass is 9.91. The molecule has 1 aliphatic heterocycles. The summed E-state index contributed by atoms with van der Waals surface area (Å²) in [6, 6.07) is 10.2. The van der Waals surface area contributed by atoms with Gasteiger partial charge in [-0.15, -0.1) is 0 Å². The molecule has 5 heteroatoms. The number of rotatable bonds is 2. The van der Waals surface area contributed by atoms with Crippen molar-refractivity contribution in [1.82, 2.24) is 15.5 Å². The third-order valence-electron chi connectivity index (χ3n) is 3.90. The molecule has 1 atom stereocenters. The van der Waals surface area contributed by atoms with E-state index in [4.69, 9.17) is 8.94 Å². The third-order valence-corrected chi connectivity index (χ3v) is 3.90. The van der Waals surface area contributed by atoms with Gasteiger partial charge < -0.3 is 14.3 Å². The van der Waals surface area contributed by atoms with Gasteiger partial charge in [-0.3, -0.25) is 0 Å². The maximum atomic E-state index is 5.48. The van der Waals surface area contributed by atoms with Crippen molar-refractivity contribution in [3.63, 3.8) is 0 Å². The van der Waals surface area contributed by atoms with Crippen LogP contribution in [0.25, 0.3) is 11.6 Å². The first-order valence-corrected chi connectivity index (χ1v) is 6.99. The first-order valence-electron chi connectivity index (χ1n) is 6.99. The van der Waals surface area contributed by atoms with E-state index in [1.165, 1.54) is 11.1 Å². The molecule has 0 radical (unpaired) electrons. The van der Waals surface area contributed by atoms with Crippen molar-refractivity contribution in [2.24, 2.45) is 0 Å². The summed E-state index contributed by atoms with van der Waals surface area (Å²) in [4.78, 5) is 4.52. The fraction of sp³-hybridized carbons (Fsp3) is 0.250. The van der Waals surface area contributed by atoms with Gasteiger partial charge in [-0.2, -0.15) is 4.98 Å². The second kappa shape index (κ2) is 4.86. The monoisotopic (exact) mass is 281 g/mol. The van der Waals surface area contributed by atoms with E-state index < -0.39 is 0 Å². The van der Waals surface area contributed by atoms with E-state index in [2.05, 4.69) is 27.6 Å². The van der Waals surface area contributed by atoms with Gasteiger partial charge in [0.25, 0.3) is 0 Å². The lowest BCUT2D eigenvalue weighted by molar-refractivity contribution is 0.355. The Morgan fingerprint density at radius 2 is 2.14 bits per heavy atom. The first-order chi connectivity index (χ1) is 10.3. The van der Waals surface area contributed by atoms with Crippen LogP contribution in [0.3, 0.4) is 0 Å². The van der Waals surface area contributed by atoms with Crippen molar-refractivity contribution in [2.45, 2.75) is 19.4 Å². The van der Waals surface area contributed by atoms with Gasteiger partial charge in [0.15, 0.2) is 5.76 Å². The van der Waals surface area contributed by atoms with Crippen molar-refractivity contribution in [2.75, 3.05) is 6.54 Å². The normalized spacial score (nSPS) is 17.7. The summed E-state index contributed by atoms with van der Waals surface area (Å²) in [6.07, 6.45) is 1.64. The predicted molar refractivity (Wildman–Crippen MR) is 76.7 cm³/mol. The second-order valence-corrected chi connectivity index (χ2v) is 5.27. The highest BCUT2D eigenvalue weighted by Crippen LogP contribution is 2.30. The van der Waals surface area contributed by atoms with Gasteiger partial charge in [-0.05, 0) is 29.7 Å². The molecule has 5 nitrogen and oxygen atoms in total. The molecule has 21 heavy (non-hydrogen) atoms. The Bertz CT molecular complexity index is 775. The van der Waals surface area contributed by atoms with Crippen LogP contribution in [0.5, 0.6) is 0 Å². The third kappa shape index (κ3) is 2.06. The maximum absolute atomic E-state index is 5.48. The summed E-state index contributed by atoms with van der Waals surface area (Å²) in [5, 5.41) is 7.45. The van der Waals surface area contributed by atoms with Gasteiger partial charge in [-0.25, -0.2) is 0 Å². The Labute approximate surface area is 122 Å². The van der Waals surface area contributed by atoms with Gasteiger partial charge in [0, 0.05) is 13.1 Å². The average Bonchev–Trinajstić information content (AvgIpc) is 3.15. The molecule has 4 rings (SSSR count). The van der Waals surface area contributed by atoms with Crippen LogP contribution in [0, 0.1) is 6.92 Å². The second-order valence-electron chi connectivity index (χ2n) is 5.27. The molecule has 0 saturated heterocycles. The molecule has 0 spiro atoms. The Kier molecular flexibility index (Phi) is 2.86. The summed E-state index contributed by atoms with van der Waals surface area (Å²) < 4.78 is 10.9. The molecule has 1 unspecified atom stereocenters. The molecular formula is C16H15N3O2. The molecule has 3 aromatic rings. The molecule has 0 fully saturated rings. The molecule has 3 heterocycles. The van der Waals surface area contributed by atoms with Gasteiger partial charge in [0.2, 0.25) is 11.7 Å². The van der Waals surface area contributed by atoms with Crippen LogP contribution in [0.2, 0.25) is 0 Å². The number of furan rings is 1. The molecule has 0 bridgehead atoms. The summed E-state index contributed by atoms with van der Waals surface area (Å²) >= 11 is 0.